The second-order valence-electron chi connectivity index (χ2n) is 7.50. The Morgan fingerprint density at radius 3 is 2.52 bits per heavy atom. The highest BCUT2D eigenvalue weighted by Crippen LogP contribution is 2.28. The molecule has 2 heterocycles. The van der Waals surface area contributed by atoms with Crippen LogP contribution in [-0.4, -0.2) is 62.5 Å². The Balaban J connectivity index is 1.32. The first-order chi connectivity index (χ1) is 15.0. The zero-order chi connectivity index (χ0) is 21.8. The molecule has 0 spiro atoms. The van der Waals surface area contributed by atoms with Crippen LogP contribution in [0, 0.1) is 5.82 Å². The number of nitrogens with zero attached hydrogens (tertiary/aromatic N) is 3. The van der Waals surface area contributed by atoms with Gasteiger partial charge in [0.1, 0.15) is 18.5 Å². The molecule has 2 amide bonds. The quantitative estimate of drug-likeness (QED) is 0.788. The standard InChI is InChI=1S/C22H25FN4O4/c23-19-12-17(27-14-18(13-24)31-22(27)29)6-7-20(19)25-8-10-26(11-9-25)21(28)30-15-16-4-2-1-3-5-16/h1-7,12,18H,8-11,13-15,24H2. The lowest BCUT2D eigenvalue weighted by Gasteiger charge is -2.35. The summed E-state index contributed by atoms with van der Waals surface area (Å²) < 4.78 is 25.3. The van der Waals surface area contributed by atoms with Crippen molar-refractivity contribution in [2.75, 3.05) is 49.1 Å². The molecule has 2 fully saturated rings. The van der Waals surface area contributed by atoms with E-state index < -0.39 is 11.9 Å². The third-order valence-electron chi connectivity index (χ3n) is 5.46. The Morgan fingerprint density at radius 1 is 1.13 bits per heavy atom. The van der Waals surface area contributed by atoms with Crippen molar-refractivity contribution >= 4 is 23.6 Å². The molecule has 31 heavy (non-hydrogen) atoms. The minimum absolute atomic E-state index is 0.222. The van der Waals surface area contributed by atoms with Gasteiger partial charge in [-0.3, -0.25) is 4.90 Å². The van der Waals surface area contributed by atoms with Gasteiger partial charge >= 0.3 is 12.2 Å². The number of rotatable bonds is 5. The highest BCUT2D eigenvalue weighted by molar-refractivity contribution is 5.90. The van der Waals surface area contributed by atoms with Crippen molar-refractivity contribution in [1.82, 2.24) is 4.90 Å². The van der Waals surface area contributed by atoms with Crippen molar-refractivity contribution in [3.05, 3.63) is 59.9 Å². The Labute approximate surface area is 179 Å². The minimum Gasteiger partial charge on any atom is -0.445 e. The molecule has 2 aromatic rings. The number of hydrogen-bond donors (Lipinski definition) is 1. The van der Waals surface area contributed by atoms with Crippen LogP contribution in [0.15, 0.2) is 48.5 Å². The van der Waals surface area contributed by atoms with Gasteiger partial charge in [0, 0.05) is 32.7 Å². The van der Waals surface area contributed by atoms with Crippen LogP contribution in [-0.2, 0) is 16.1 Å². The van der Waals surface area contributed by atoms with Crippen LogP contribution < -0.4 is 15.5 Å². The summed E-state index contributed by atoms with van der Waals surface area (Å²) in [7, 11) is 0. The molecule has 164 valence electrons. The second kappa shape index (κ2) is 9.22. The van der Waals surface area contributed by atoms with Gasteiger partial charge in [0.2, 0.25) is 0 Å². The third kappa shape index (κ3) is 4.72. The lowest BCUT2D eigenvalue weighted by atomic mass is 10.2. The number of nitrogens with two attached hydrogens (primary N) is 1. The van der Waals surface area contributed by atoms with Crippen molar-refractivity contribution in [2.45, 2.75) is 12.7 Å². The maximum absolute atomic E-state index is 14.8. The summed E-state index contributed by atoms with van der Waals surface area (Å²) >= 11 is 0. The Kier molecular flexibility index (Phi) is 6.22. The van der Waals surface area contributed by atoms with Crippen LogP contribution in [0.4, 0.5) is 25.4 Å². The van der Waals surface area contributed by atoms with Crippen LogP contribution >= 0.6 is 0 Å². The predicted octanol–water partition coefficient (Wildman–Crippen LogP) is 2.57. The third-order valence-corrected chi connectivity index (χ3v) is 5.46. The van der Waals surface area contributed by atoms with E-state index in [9.17, 15) is 14.0 Å². The molecule has 2 saturated heterocycles. The van der Waals surface area contributed by atoms with E-state index in [1.54, 1.807) is 17.0 Å². The SMILES string of the molecule is NCC1CN(c2ccc(N3CCN(C(=O)OCc4ccccc4)CC3)c(F)c2)C(=O)O1. The monoisotopic (exact) mass is 428 g/mol. The number of cyclic esters (lactones) is 1. The molecule has 4 rings (SSSR count). The summed E-state index contributed by atoms with van der Waals surface area (Å²) in [5.74, 6) is -0.429. The largest absolute Gasteiger partial charge is 0.445 e. The molecular formula is C22H25FN4O4. The van der Waals surface area contributed by atoms with Gasteiger partial charge in [-0.1, -0.05) is 30.3 Å². The molecule has 1 atom stereocenters. The van der Waals surface area contributed by atoms with E-state index in [1.807, 2.05) is 35.2 Å². The van der Waals surface area contributed by atoms with Crippen LogP contribution in [0.2, 0.25) is 0 Å². The van der Waals surface area contributed by atoms with E-state index in [0.717, 1.165) is 5.56 Å². The summed E-state index contributed by atoms with van der Waals surface area (Å²) in [4.78, 5) is 29.1. The van der Waals surface area contributed by atoms with E-state index in [0.29, 0.717) is 44.1 Å². The second-order valence-corrected chi connectivity index (χ2v) is 7.50. The van der Waals surface area contributed by atoms with Crippen molar-refractivity contribution < 1.29 is 23.5 Å². The van der Waals surface area contributed by atoms with Gasteiger partial charge in [0.15, 0.2) is 0 Å². The highest BCUT2D eigenvalue weighted by atomic mass is 19.1. The molecule has 2 aromatic carbocycles. The predicted molar refractivity (Wildman–Crippen MR) is 113 cm³/mol. The van der Waals surface area contributed by atoms with Gasteiger partial charge in [-0.25, -0.2) is 14.0 Å². The van der Waals surface area contributed by atoms with Gasteiger partial charge in [-0.15, -0.1) is 0 Å². The Morgan fingerprint density at radius 2 is 1.87 bits per heavy atom. The lowest BCUT2D eigenvalue weighted by molar-refractivity contribution is 0.0941. The molecule has 1 unspecified atom stereocenters. The number of benzene rings is 2. The number of ether oxygens (including phenoxy) is 2. The number of hydrogen-bond acceptors (Lipinski definition) is 6. The van der Waals surface area contributed by atoms with E-state index >= 15 is 0 Å². The fourth-order valence-electron chi connectivity index (χ4n) is 3.72. The van der Waals surface area contributed by atoms with Gasteiger partial charge in [0.05, 0.1) is 17.9 Å². The average molecular weight is 428 g/mol. The molecule has 9 heteroatoms. The topological polar surface area (TPSA) is 88.3 Å². The number of piperazine rings is 1. The maximum Gasteiger partial charge on any atom is 0.414 e. The van der Waals surface area contributed by atoms with E-state index in [2.05, 4.69) is 0 Å². The van der Waals surface area contributed by atoms with E-state index in [-0.39, 0.29) is 25.3 Å². The lowest BCUT2D eigenvalue weighted by Crippen LogP contribution is -2.49. The molecule has 8 nitrogen and oxygen atoms in total. The molecule has 0 aliphatic carbocycles. The maximum atomic E-state index is 14.8. The Bertz CT molecular complexity index is 934. The fraction of sp³-hybridized carbons (Fsp3) is 0.364. The summed E-state index contributed by atoms with van der Waals surface area (Å²) in [5.41, 5.74) is 7.34. The van der Waals surface area contributed by atoms with E-state index in [4.69, 9.17) is 15.2 Å². The summed E-state index contributed by atoms with van der Waals surface area (Å²) in [6.45, 7) is 2.59. The normalized spacial score (nSPS) is 18.8. The van der Waals surface area contributed by atoms with Crippen molar-refractivity contribution in [1.29, 1.82) is 0 Å². The van der Waals surface area contributed by atoms with Gasteiger partial charge in [-0.05, 0) is 23.8 Å². The number of amides is 2. The zero-order valence-corrected chi connectivity index (χ0v) is 17.1. The number of halogens is 1. The van der Waals surface area contributed by atoms with Gasteiger partial charge in [0.25, 0.3) is 0 Å². The van der Waals surface area contributed by atoms with E-state index in [1.165, 1.54) is 11.0 Å². The summed E-state index contributed by atoms with van der Waals surface area (Å²) in [5, 5.41) is 0. The van der Waals surface area contributed by atoms with Crippen LogP contribution in [0.3, 0.4) is 0 Å². The molecule has 0 aromatic heterocycles. The molecule has 2 N–H and O–H groups in total. The molecule has 0 bridgehead atoms. The minimum atomic E-state index is -0.523. The number of carbonyl (C=O) groups is 2. The smallest absolute Gasteiger partial charge is 0.414 e. The molecule has 0 saturated carbocycles. The first-order valence-electron chi connectivity index (χ1n) is 10.2. The van der Waals surface area contributed by atoms with Crippen molar-refractivity contribution in [3.63, 3.8) is 0 Å². The summed E-state index contributed by atoms with van der Waals surface area (Å²) in [6.07, 6.45) is -1.28. The zero-order valence-electron chi connectivity index (χ0n) is 17.1. The van der Waals surface area contributed by atoms with Crippen LogP contribution in [0.1, 0.15) is 5.56 Å². The van der Waals surface area contributed by atoms with Crippen molar-refractivity contribution in [3.8, 4) is 0 Å². The molecule has 2 aliphatic heterocycles. The molecule has 0 radical (unpaired) electrons. The van der Waals surface area contributed by atoms with Gasteiger partial charge in [-0.2, -0.15) is 0 Å². The first kappa shape index (κ1) is 20.9. The molecule has 2 aliphatic rings. The summed E-state index contributed by atoms with van der Waals surface area (Å²) in [6, 6.07) is 14.2. The Hall–Kier alpha value is -3.33. The van der Waals surface area contributed by atoms with Crippen molar-refractivity contribution in [2.24, 2.45) is 5.73 Å². The van der Waals surface area contributed by atoms with Crippen LogP contribution in [0.5, 0.6) is 0 Å². The van der Waals surface area contributed by atoms with Crippen LogP contribution in [0.25, 0.3) is 0 Å². The van der Waals surface area contributed by atoms with Gasteiger partial charge < -0.3 is 25.0 Å². The number of carbonyl (C=O) groups excluding carboxylic acids is 2. The molecular weight excluding hydrogens is 403 g/mol. The fourth-order valence-corrected chi connectivity index (χ4v) is 3.72. The number of anilines is 2. The highest BCUT2D eigenvalue weighted by Gasteiger charge is 2.32. The first-order valence-corrected chi connectivity index (χ1v) is 10.2. The average Bonchev–Trinajstić information content (AvgIpc) is 3.19.